The number of aromatic nitrogens is 2. The number of hydrogen-bond acceptors (Lipinski definition) is 4. The molecule has 1 saturated heterocycles. The molecule has 1 aliphatic carbocycles. The molecule has 2 heterocycles. The van der Waals surface area contributed by atoms with Crippen molar-refractivity contribution in [3.05, 3.63) is 17.5 Å². The lowest BCUT2D eigenvalue weighted by molar-refractivity contribution is -0.151. The van der Waals surface area contributed by atoms with E-state index in [1.54, 1.807) is 11.1 Å². The molecule has 2 aliphatic rings. The van der Waals surface area contributed by atoms with Crippen LogP contribution < -0.4 is 5.32 Å². The summed E-state index contributed by atoms with van der Waals surface area (Å²) in [6, 6.07) is -0.114. The van der Waals surface area contributed by atoms with Gasteiger partial charge in [-0.2, -0.15) is 5.10 Å². The summed E-state index contributed by atoms with van der Waals surface area (Å²) in [7, 11) is 1.91. The molecule has 0 radical (unpaired) electrons. The Kier molecular flexibility index (Phi) is 4.14. The first-order valence-electron chi connectivity index (χ1n) is 8.20. The van der Waals surface area contributed by atoms with Crippen LogP contribution in [-0.2, 0) is 23.1 Å². The summed E-state index contributed by atoms with van der Waals surface area (Å²) < 4.78 is 1.85. The summed E-state index contributed by atoms with van der Waals surface area (Å²) in [4.78, 5) is 25.7. The van der Waals surface area contributed by atoms with Gasteiger partial charge in [-0.3, -0.25) is 14.3 Å². The van der Waals surface area contributed by atoms with Gasteiger partial charge in [-0.15, -0.1) is 0 Å². The van der Waals surface area contributed by atoms with Crippen molar-refractivity contribution < 1.29 is 14.7 Å². The molecule has 0 spiro atoms. The van der Waals surface area contributed by atoms with E-state index in [-0.39, 0.29) is 24.4 Å². The number of nitrogens with zero attached hydrogens (tertiary/aromatic N) is 3. The maximum Gasteiger partial charge on any atom is 0.254 e. The van der Waals surface area contributed by atoms with Crippen molar-refractivity contribution in [1.82, 2.24) is 20.0 Å². The summed E-state index contributed by atoms with van der Waals surface area (Å²) >= 11 is 0. The molecule has 1 fully saturated rings. The number of aliphatic hydroxyl groups is 1. The normalized spacial score (nSPS) is 27.4. The van der Waals surface area contributed by atoms with Crippen LogP contribution in [-0.4, -0.2) is 50.3 Å². The molecule has 2 amide bonds. The first-order chi connectivity index (χ1) is 10.9. The molecular formula is C16H24N4O3. The number of carbonyl (C=O) groups excluding carboxylic acids is 2. The number of likely N-dealkylation sites (tertiary alicyclic amines) is 1. The van der Waals surface area contributed by atoms with Crippen molar-refractivity contribution in [3.8, 4) is 0 Å². The molecule has 1 aromatic heterocycles. The second kappa shape index (κ2) is 5.96. The van der Waals surface area contributed by atoms with E-state index >= 15 is 0 Å². The van der Waals surface area contributed by atoms with E-state index in [0.717, 1.165) is 30.5 Å². The predicted molar refractivity (Wildman–Crippen MR) is 83.5 cm³/mol. The monoisotopic (exact) mass is 320 g/mol. The predicted octanol–water partition coefficient (Wildman–Crippen LogP) is 0.287. The first kappa shape index (κ1) is 16.0. The summed E-state index contributed by atoms with van der Waals surface area (Å²) in [5.74, 6) is -0.492. The smallest absolute Gasteiger partial charge is 0.254 e. The molecule has 7 nitrogen and oxygen atoms in total. The molecule has 0 bridgehead atoms. The minimum Gasteiger partial charge on any atom is -0.378 e. The van der Waals surface area contributed by atoms with Crippen LogP contribution in [0.2, 0.25) is 0 Å². The van der Waals surface area contributed by atoms with E-state index < -0.39 is 5.60 Å². The maximum atomic E-state index is 12.6. The number of piperidine rings is 1. The van der Waals surface area contributed by atoms with Crippen molar-refractivity contribution in [2.24, 2.45) is 7.05 Å². The zero-order chi connectivity index (χ0) is 16.6. The maximum absolute atomic E-state index is 12.6. The van der Waals surface area contributed by atoms with Crippen molar-refractivity contribution in [2.75, 3.05) is 13.1 Å². The van der Waals surface area contributed by atoms with Crippen molar-refractivity contribution in [1.29, 1.82) is 0 Å². The van der Waals surface area contributed by atoms with E-state index in [0.29, 0.717) is 19.4 Å². The third-order valence-electron chi connectivity index (χ3n) is 5.02. The molecule has 23 heavy (non-hydrogen) atoms. The van der Waals surface area contributed by atoms with E-state index in [1.807, 2.05) is 11.7 Å². The molecule has 1 aromatic rings. The largest absolute Gasteiger partial charge is 0.378 e. The number of amides is 2. The highest BCUT2D eigenvalue weighted by molar-refractivity contribution is 5.86. The fraction of sp³-hybridized carbons (Fsp3) is 0.688. The summed E-state index contributed by atoms with van der Waals surface area (Å²) in [5, 5.41) is 18.0. The molecule has 3 rings (SSSR count). The standard InChI is InChI=1S/C16H24N4O3/c1-11(21)20-8-4-7-16(23,10-20)15(22)18-13-5-3-6-14-12(13)9-17-19(14)2/h9,13,23H,3-8,10H2,1-2H3,(H,18,22). The lowest BCUT2D eigenvalue weighted by Gasteiger charge is -2.38. The van der Waals surface area contributed by atoms with Gasteiger partial charge in [0.15, 0.2) is 5.60 Å². The van der Waals surface area contributed by atoms with Gasteiger partial charge in [0.1, 0.15) is 0 Å². The van der Waals surface area contributed by atoms with Gasteiger partial charge < -0.3 is 15.3 Å². The second-order valence-electron chi connectivity index (χ2n) is 6.66. The van der Waals surface area contributed by atoms with Gasteiger partial charge in [0, 0.05) is 31.8 Å². The van der Waals surface area contributed by atoms with Gasteiger partial charge >= 0.3 is 0 Å². The molecule has 2 atom stereocenters. The van der Waals surface area contributed by atoms with Gasteiger partial charge in [0.05, 0.1) is 18.8 Å². The summed E-state index contributed by atoms with van der Waals surface area (Å²) in [6.45, 7) is 2.13. The SMILES string of the molecule is CC(=O)N1CCCC(O)(C(=O)NC2CCCc3c2cnn3C)C1. The highest BCUT2D eigenvalue weighted by Crippen LogP contribution is 2.30. The van der Waals surface area contributed by atoms with Crippen LogP contribution in [0, 0.1) is 0 Å². The Bertz CT molecular complexity index is 627. The van der Waals surface area contributed by atoms with E-state index in [2.05, 4.69) is 10.4 Å². The van der Waals surface area contributed by atoms with Crippen LogP contribution in [0.15, 0.2) is 6.20 Å². The van der Waals surface area contributed by atoms with Crippen LogP contribution in [0.25, 0.3) is 0 Å². The lowest BCUT2D eigenvalue weighted by atomic mass is 9.89. The number of β-amino-alcohol motifs (C(OH)–C–C–N with tert-alkyl or cyclic N) is 1. The third kappa shape index (κ3) is 2.97. The average molecular weight is 320 g/mol. The number of hydrogen-bond donors (Lipinski definition) is 2. The zero-order valence-electron chi connectivity index (χ0n) is 13.7. The van der Waals surface area contributed by atoms with Crippen LogP contribution in [0.4, 0.5) is 0 Å². The summed E-state index contributed by atoms with van der Waals surface area (Å²) in [5.41, 5.74) is 0.682. The molecule has 1 aliphatic heterocycles. The Morgan fingerprint density at radius 1 is 1.43 bits per heavy atom. The first-order valence-corrected chi connectivity index (χ1v) is 8.20. The van der Waals surface area contributed by atoms with Gasteiger partial charge in [0.2, 0.25) is 5.91 Å². The van der Waals surface area contributed by atoms with Crippen molar-refractivity contribution in [2.45, 2.75) is 50.7 Å². The lowest BCUT2D eigenvalue weighted by Crippen LogP contribution is -2.58. The highest BCUT2D eigenvalue weighted by atomic mass is 16.3. The van der Waals surface area contributed by atoms with Crippen LogP contribution in [0.3, 0.4) is 0 Å². The number of nitrogens with one attached hydrogen (secondary N) is 1. The van der Waals surface area contributed by atoms with E-state index in [1.165, 1.54) is 6.92 Å². The van der Waals surface area contributed by atoms with Gasteiger partial charge in [0.25, 0.3) is 5.91 Å². The molecule has 126 valence electrons. The zero-order valence-corrected chi connectivity index (χ0v) is 13.7. The van der Waals surface area contributed by atoms with Gasteiger partial charge in [-0.05, 0) is 32.1 Å². The third-order valence-corrected chi connectivity index (χ3v) is 5.02. The fourth-order valence-corrected chi connectivity index (χ4v) is 3.64. The Balaban J connectivity index is 1.73. The molecule has 7 heteroatoms. The van der Waals surface area contributed by atoms with Crippen LogP contribution >= 0.6 is 0 Å². The van der Waals surface area contributed by atoms with E-state index in [4.69, 9.17) is 0 Å². The van der Waals surface area contributed by atoms with Crippen LogP contribution in [0.1, 0.15) is 49.9 Å². The molecular weight excluding hydrogens is 296 g/mol. The highest BCUT2D eigenvalue weighted by Gasteiger charge is 2.42. The molecule has 2 unspecified atom stereocenters. The van der Waals surface area contributed by atoms with Crippen molar-refractivity contribution >= 4 is 11.8 Å². The Hall–Kier alpha value is -1.89. The van der Waals surface area contributed by atoms with Crippen LogP contribution in [0.5, 0.6) is 0 Å². The fourth-order valence-electron chi connectivity index (χ4n) is 3.64. The molecule has 2 N–H and O–H groups in total. The number of fused-ring (bicyclic) bond motifs is 1. The molecule has 0 saturated carbocycles. The van der Waals surface area contributed by atoms with E-state index in [9.17, 15) is 14.7 Å². The van der Waals surface area contributed by atoms with Crippen molar-refractivity contribution in [3.63, 3.8) is 0 Å². The number of aryl methyl sites for hydroxylation is 1. The minimum atomic E-state index is -1.50. The average Bonchev–Trinajstić information content (AvgIpc) is 2.90. The van der Waals surface area contributed by atoms with Gasteiger partial charge in [-0.25, -0.2) is 0 Å². The summed E-state index contributed by atoms with van der Waals surface area (Å²) in [6.07, 6.45) is 5.60. The Morgan fingerprint density at radius 2 is 2.22 bits per heavy atom. The number of carbonyl (C=O) groups is 2. The second-order valence-corrected chi connectivity index (χ2v) is 6.66. The van der Waals surface area contributed by atoms with Gasteiger partial charge in [-0.1, -0.05) is 0 Å². The Morgan fingerprint density at radius 3 is 2.96 bits per heavy atom. The quantitative estimate of drug-likeness (QED) is 0.820. The number of rotatable bonds is 2. The topological polar surface area (TPSA) is 87.5 Å². The minimum absolute atomic E-state index is 0.0702. The molecule has 0 aromatic carbocycles. The Labute approximate surface area is 135 Å².